The summed E-state index contributed by atoms with van der Waals surface area (Å²) in [6, 6.07) is 8.68. The van der Waals surface area contributed by atoms with Gasteiger partial charge < -0.3 is 19.7 Å². The Kier molecular flexibility index (Phi) is 7.63. The number of fused-ring (bicyclic) bond motifs is 1. The summed E-state index contributed by atoms with van der Waals surface area (Å²) in [7, 11) is -4.34. The fourth-order valence-electron chi connectivity index (χ4n) is 7.87. The van der Waals surface area contributed by atoms with E-state index in [-0.39, 0.29) is 50.7 Å². The zero-order chi connectivity index (χ0) is 39.8. The quantitative estimate of drug-likeness (QED) is 0.202. The Morgan fingerprint density at radius 2 is 1.82 bits per heavy atom. The Balaban J connectivity index is 0.898. The van der Waals surface area contributed by atoms with E-state index in [0.29, 0.717) is 24.8 Å². The lowest BCUT2D eigenvalue weighted by Crippen LogP contribution is -2.45. The second-order valence-corrected chi connectivity index (χ2v) is 17.6. The zero-order valence-electron chi connectivity index (χ0n) is 33.7. The van der Waals surface area contributed by atoms with Gasteiger partial charge in [0.2, 0.25) is 5.88 Å². The van der Waals surface area contributed by atoms with Crippen LogP contribution in [0.25, 0.3) is 5.82 Å². The Hall–Kier alpha value is -4.20. The molecular formula is C37H49N7O6S. The first-order chi connectivity index (χ1) is 25.6. The largest absolute Gasteiger partial charge is 0.477 e. The zero-order valence-corrected chi connectivity index (χ0v) is 30.5. The molecule has 14 heteroatoms. The van der Waals surface area contributed by atoms with E-state index in [2.05, 4.69) is 20.4 Å². The van der Waals surface area contributed by atoms with Gasteiger partial charge in [-0.25, -0.2) is 24.2 Å². The minimum atomic E-state index is -4.34. The fraction of sp³-hybridized carbons (Fsp3) is 0.595. The first kappa shape index (κ1) is 30.4. The molecule has 3 aromatic heterocycles. The van der Waals surface area contributed by atoms with Crippen LogP contribution in [-0.2, 0) is 14.8 Å². The third kappa shape index (κ3) is 7.29. The molecule has 3 aliphatic carbocycles. The summed E-state index contributed by atoms with van der Waals surface area (Å²) in [6.07, 6.45) is 6.38. The number of likely N-dealkylation sites (tertiary alicyclic amines) is 1. The van der Waals surface area contributed by atoms with Crippen molar-refractivity contribution in [2.75, 3.05) is 25.0 Å². The van der Waals surface area contributed by atoms with Crippen LogP contribution in [0.3, 0.4) is 0 Å². The van der Waals surface area contributed by atoms with Crippen LogP contribution in [0.15, 0.2) is 53.8 Å². The van der Waals surface area contributed by atoms with Gasteiger partial charge in [-0.3, -0.25) is 4.79 Å². The molecule has 2 spiro atoms. The Morgan fingerprint density at radius 1 is 1.08 bits per heavy atom. The highest BCUT2D eigenvalue weighted by molar-refractivity contribution is 7.90. The second kappa shape index (κ2) is 12.8. The number of hydrogen-bond acceptors (Lipinski definition) is 10. The molecule has 274 valence electrons. The van der Waals surface area contributed by atoms with Gasteiger partial charge in [0.25, 0.3) is 15.9 Å². The number of ether oxygens (including phenoxy) is 2. The summed E-state index contributed by atoms with van der Waals surface area (Å²) in [5, 5.41) is 7.03. The van der Waals surface area contributed by atoms with Crippen LogP contribution >= 0.6 is 0 Å². The maximum absolute atomic E-state index is 13.1. The minimum absolute atomic E-state index is 0.0393. The van der Waals surface area contributed by atoms with Gasteiger partial charge in [0, 0.05) is 39.8 Å². The van der Waals surface area contributed by atoms with Gasteiger partial charge in [-0.1, -0.05) is 6.07 Å². The number of hydrogen-bond donors (Lipinski definition) is 2. The summed E-state index contributed by atoms with van der Waals surface area (Å²) >= 11 is 0. The monoisotopic (exact) mass is 723 g/mol. The number of nitrogens with one attached hydrogen (secondary N) is 2. The van der Waals surface area contributed by atoms with Gasteiger partial charge in [-0.2, -0.15) is 8.42 Å². The van der Waals surface area contributed by atoms with Crippen molar-refractivity contribution in [1.82, 2.24) is 29.4 Å². The van der Waals surface area contributed by atoms with Crippen LogP contribution < -0.4 is 14.8 Å². The molecule has 7 rings (SSSR count). The second-order valence-electron chi connectivity index (χ2n) is 15.9. The van der Waals surface area contributed by atoms with E-state index >= 15 is 0 Å². The van der Waals surface area contributed by atoms with E-state index in [9.17, 15) is 18.0 Å². The molecule has 1 saturated heterocycles. The number of rotatable bonds is 13. The maximum Gasteiger partial charge on any atom is 0.410 e. The predicted octanol–water partition coefficient (Wildman–Crippen LogP) is 5.97. The number of carbonyl (C=O) groups is 2. The van der Waals surface area contributed by atoms with Gasteiger partial charge in [-0.15, -0.1) is 5.10 Å². The van der Waals surface area contributed by atoms with Crippen LogP contribution in [0.2, 0.25) is 0 Å². The van der Waals surface area contributed by atoms with Crippen LogP contribution in [0.5, 0.6) is 5.88 Å². The number of pyridine rings is 2. The lowest BCUT2D eigenvalue weighted by Gasteiger charge is -2.33. The van der Waals surface area contributed by atoms with Crippen LogP contribution in [0.4, 0.5) is 10.6 Å². The number of sulfonamides is 1. The summed E-state index contributed by atoms with van der Waals surface area (Å²) in [4.78, 5) is 35.9. The van der Waals surface area contributed by atoms with Crippen molar-refractivity contribution in [1.29, 1.82) is 0 Å². The number of amides is 2. The Labute approximate surface area is 305 Å². The van der Waals surface area contributed by atoms with Crippen molar-refractivity contribution in [3.63, 3.8) is 0 Å². The molecule has 13 nitrogen and oxygen atoms in total. The Bertz CT molecular complexity index is 2060. The summed E-state index contributed by atoms with van der Waals surface area (Å²) < 4.78 is 75.0. The molecule has 4 fully saturated rings. The topological polar surface area (TPSA) is 158 Å². The van der Waals surface area contributed by atoms with Gasteiger partial charge in [0.05, 0.1) is 14.9 Å². The average molecular weight is 724 g/mol. The first-order valence-electron chi connectivity index (χ1n) is 19.6. The van der Waals surface area contributed by atoms with E-state index in [4.69, 9.17) is 15.0 Å². The van der Waals surface area contributed by atoms with Gasteiger partial charge in [0.15, 0.2) is 10.8 Å². The molecule has 51 heavy (non-hydrogen) atoms. The first-order valence-corrected chi connectivity index (χ1v) is 19.1. The predicted molar refractivity (Wildman–Crippen MR) is 190 cm³/mol. The number of carbonyl (C=O) groups excluding carboxylic acids is 2. The summed E-state index contributed by atoms with van der Waals surface area (Å²) in [6.45, 7) is 8.15. The average Bonchev–Trinajstić information content (AvgIpc) is 4.05. The molecule has 1 aliphatic heterocycles. The molecule has 4 aliphatic rings. The highest BCUT2D eigenvalue weighted by Gasteiger charge is 2.85. The van der Waals surface area contributed by atoms with Crippen molar-refractivity contribution >= 4 is 27.8 Å². The molecule has 3 saturated carbocycles. The maximum atomic E-state index is 13.1. The highest BCUT2D eigenvalue weighted by Crippen LogP contribution is 2.93. The molecular weight excluding hydrogens is 671 g/mol. The molecule has 2 N–H and O–H groups in total. The van der Waals surface area contributed by atoms with Crippen LogP contribution in [0.1, 0.15) is 102 Å². The molecule has 0 bridgehead atoms. The standard InChI is InChI=1S/C37H49N7O6S/c1-34(2,3)50-33(46)43-24-25(22-35(43,4)5)8-7-19-38-28-9-6-10-31(40-28)51(47,48)42-32(45)26-11-12-29(39-23-26)44-20-13-30(41-44)49-21-14-27-36(15-16-36)37(27)17-18-37/h6,9-13,20,23,25,27H,7-8,14-19,21-22,24H2,1-5H3,(H,38,40)(H,42,45)/t25-/m0/s1/i14D2,21D2. The highest BCUT2D eigenvalue weighted by atomic mass is 32.2. The molecule has 3 aromatic rings. The van der Waals surface area contributed by atoms with Gasteiger partial charge >= 0.3 is 6.09 Å². The van der Waals surface area contributed by atoms with Crippen LogP contribution in [-0.4, -0.2) is 75.9 Å². The Morgan fingerprint density at radius 3 is 2.49 bits per heavy atom. The molecule has 4 heterocycles. The minimum Gasteiger partial charge on any atom is -0.477 e. The SMILES string of the molecule is [2H]C([2H])(Oc1ccn(-c2ccc(C(=O)NS(=O)(=O)c3cccc(NCCC[C@@H]4CN(C(=O)OC(C)(C)C)C(C)(C)C4)n3)cn2)n1)C([2H])([2H])C1C2(CC2)C12CC2. The molecule has 0 unspecified atom stereocenters. The van der Waals surface area contributed by atoms with Crippen molar-refractivity contribution in [2.45, 2.75) is 102 Å². The molecule has 0 radical (unpaired) electrons. The number of aromatic nitrogens is 4. The molecule has 2 amide bonds. The van der Waals surface area contributed by atoms with Gasteiger partial charge in [0.1, 0.15) is 11.4 Å². The lowest BCUT2D eigenvalue weighted by atomic mass is 9.93. The lowest BCUT2D eigenvalue weighted by molar-refractivity contribution is 0.0130. The van der Waals surface area contributed by atoms with E-state index in [1.165, 1.54) is 47.4 Å². The molecule has 0 aromatic carbocycles. The van der Waals surface area contributed by atoms with E-state index in [0.717, 1.165) is 44.9 Å². The van der Waals surface area contributed by atoms with E-state index in [1.807, 2.05) is 39.3 Å². The van der Waals surface area contributed by atoms with E-state index < -0.39 is 34.5 Å². The summed E-state index contributed by atoms with van der Waals surface area (Å²) in [5.74, 6) is -0.527. The van der Waals surface area contributed by atoms with Crippen molar-refractivity contribution < 1.29 is 33.0 Å². The van der Waals surface area contributed by atoms with E-state index in [1.54, 1.807) is 11.0 Å². The smallest absolute Gasteiger partial charge is 0.410 e. The van der Waals surface area contributed by atoms with Crippen LogP contribution in [0, 0.1) is 22.7 Å². The molecule has 1 atom stereocenters. The summed E-state index contributed by atoms with van der Waals surface area (Å²) in [5.41, 5.74) is -1.05. The normalized spacial score (nSPS) is 22.8. The van der Waals surface area contributed by atoms with Crippen molar-refractivity contribution in [3.05, 3.63) is 54.4 Å². The van der Waals surface area contributed by atoms with Crippen molar-refractivity contribution in [3.8, 4) is 11.7 Å². The number of nitrogens with zero attached hydrogens (tertiary/aromatic N) is 5. The third-order valence-corrected chi connectivity index (χ3v) is 11.9. The third-order valence-electron chi connectivity index (χ3n) is 10.7. The number of anilines is 1. The van der Waals surface area contributed by atoms with Gasteiger partial charge in [-0.05, 0) is 133 Å². The fourth-order valence-corrected chi connectivity index (χ4v) is 8.81. The van der Waals surface area contributed by atoms with Crippen molar-refractivity contribution in [2.24, 2.45) is 22.7 Å².